The number of carbonyl (C=O) groups excluding carboxylic acids is 1. The van der Waals surface area contributed by atoms with Gasteiger partial charge < -0.3 is 9.84 Å². The highest BCUT2D eigenvalue weighted by molar-refractivity contribution is 6.30. The van der Waals surface area contributed by atoms with Crippen molar-refractivity contribution in [2.24, 2.45) is 0 Å². The minimum absolute atomic E-state index is 0.224. The van der Waals surface area contributed by atoms with Crippen molar-refractivity contribution in [1.82, 2.24) is 9.97 Å². The van der Waals surface area contributed by atoms with Gasteiger partial charge in [0.1, 0.15) is 5.75 Å². The third-order valence-electron chi connectivity index (χ3n) is 2.06. The van der Waals surface area contributed by atoms with E-state index in [9.17, 15) is 9.59 Å². The second-order valence-corrected chi connectivity index (χ2v) is 3.85. The Kier molecular flexibility index (Phi) is 3.72. The van der Waals surface area contributed by atoms with Crippen LogP contribution >= 0.6 is 11.6 Å². The number of nitrogens with zero attached hydrogens (tertiary/aromatic N) is 2. The van der Waals surface area contributed by atoms with E-state index < -0.39 is 11.9 Å². The Labute approximate surface area is 112 Å². The molecule has 1 aromatic heterocycles. The van der Waals surface area contributed by atoms with Gasteiger partial charge >= 0.3 is 11.9 Å². The van der Waals surface area contributed by atoms with Crippen molar-refractivity contribution in [1.29, 1.82) is 0 Å². The molecule has 0 bridgehead atoms. The number of ether oxygens (including phenoxy) is 1. The van der Waals surface area contributed by atoms with E-state index in [0.717, 1.165) is 0 Å². The maximum absolute atomic E-state index is 11.7. The molecule has 0 fully saturated rings. The second kappa shape index (κ2) is 5.45. The van der Waals surface area contributed by atoms with E-state index in [2.05, 4.69) is 9.97 Å². The number of hydrogen-bond acceptors (Lipinski definition) is 5. The molecule has 0 aliphatic carbocycles. The van der Waals surface area contributed by atoms with Crippen molar-refractivity contribution in [3.8, 4) is 5.75 Å². The molecular weight excluding hydrogens is 272 g/mol. The lowest BCUT2D eigenvalue weighted by atomic mass is 10.3. The molecule has 0 radical (unpaired) electrons. The van der Waals surface area contributed by atoms with E-state index in [0.29, 0.717) is 5.02 Å². The van der Waals surface area contributed by atoms with E-state index in [1.165, 1.54) is 24.4 Å². The molecule has 1 aromatic carbocycles. The Balaban J connectivity index is 2.20. The Morgan fingerprint density at radius 1 is 1.26 bits per heavy atom. The zero-order valence-corrected chi connectivity index (χ0v) is 10.2. The lowest BCUT2D eigenvalue weighted by Gasteiger charge is -2.03. The molecule has 6 nitrogen and oxygen atoms in total. The average Bonchev–Trinajstić information content (AvgIpc) is 2.39. The molecule has 0 atom stereocenters. The number of halogens is 1. The van der Waals surface area contributed by atoms with Crippen LogP contribution < -0.4 is 4.74 Å². The molecule has 19 heavy (non-hydrogen) atoms. The van der Waals surface area contributed by atoms with Gasteiger partial charge in [0.15, 0.2) is 5.69 Å². The minimum atomic E-state index is -1.25. The zero-order chi connectivity index (χ0) is 13.8. The lowest BCUT2D eigenvalue weighted by molar-refractivity contribution is 0.0688. The van der Waals surface area contributed by atoms with Crippen LogP contribution in [0.2, 0.25) is 5.02 Å². The Bertz CT molecular complexity index is 645. The summed E-state index contributed by atoms with van der Waals surface area (Å²) in [6, 6.07) is 7.39. The normalized spacial score (nSPS) is 9.95. The summed E-state index contributed by atoms with van der Waals surface area (Å²) in [4.78, 5) is 29.7. The number of carbonyl (C=O) groups is 2. The quantitative estimate of drug-likeness (QED) is 0.683. The van der Waals surface area contributed by atoms with Crippen LogP contribution in [0, 0.1) is 0 Å². The van der Waals surface area contributed by atoms with Crippen LogP contribution in [0.25, 0.3) is 0 Å². The number of aromatic nitrogens is 2. The standard InChI is InChI=1S/C12H7ClN2O4/c13-7-2-1-3-8(6-7)19-12(18)10-14-5-4-9(15-10)11(16)17/h1-6H,(H,16,17). The highest BCUT2D eigenvalue weighted by Crippen LogP contribution is 2.17. The molecule has 2 aromatic rings. The first kappa shape index (κ1) is 13.0. The summed E-state index contributed by atoms with van der Waals surface area (Å²) in [7, 11) is 0. The summed E-state index contributed by atoms with van der Waals surface area (Å²) in [5.74, 6) is -2.22. The first-order chi connectivity index (χ1) is 9.06. The molecule has 1 N–H and O–H groups in total. The molecule has 0 saturated heterocycles. The van der Waals surface area contributed by atoms with Crippen molar-refractivity contribution in [2.75, 3.05) is 0 Å². The van der Waals surface area contributed by atoms with Gasteiger partial charge in [-0.1, -0.05) is 17.7 Å². The summed E-state index contributed by atoms with van der Waals surface area (Å²) in [6.45, 7) is 0. The Hall–Kier alpha value is -2.47. The van der Waals surface area contributed by atoms with Crippen molar-refractivity contribution in [3.05, 3.63) is 53.1 Å². The fourth-order valence-corrected chi connectivity index (χ4v) is 1.44. The van der Waals surface area contributed by atoms with Gasteiger partial charge in [0.05, 0.1) is 0 Å². The highest BCUT2D eigenvalue weighted by atomic mass is 35.5. The third-order valence-corrected chi connectivity index (χ3v) is 2.30. The van der Waals surface area contributed by atoms with Gasteiger partial charge in [-0.25, -0.2) is 19.6 Å². The molecular formula is C12H7ClN2O4. The second-order valence-electron chi connectivity index (χ2n) is 3.42. The summed E-state index contributed by atoms with van der Waals surface area (Å²) < 4.78 is 4.97. The molecule has 0 amide bonds. The smallest absolute Gasteiger partial charge is 0.381 e. The number of carboxylic acid groups (broad SMARTS) is 1. The SMILES string of the molecule is O=C(O)c1ccnc(C(=O)Oc2cccc(Cl)c2)n1. The van der Waals surface area contributed by atoms with E-state index in [4.69, 9.17) is 21.4 Å². The van der Waals surface area contributed by atoms with Gasteiger partial charge in [-0.3, -0.25) is 0 Å². The molecule has 2 rings (SSSR count). The van der Waals surface area contributed by atoms with E-state index in [-0.39, 0.29) is 17.3 Å². The fraction of sp³-hybridized carbons (Fsp3) is 0. The van der Waals surface area contributed by atoms with Gasteiger partial charge in [0.2, 0.25) is 5.82 Å². The maximum Gasteiger partial charge on any atom is 0.381 e. The van der Waals surface area contributed by atoms with E-state index >= 15 is 0 Å². The van der Waals surface area contributed by atoms with Crippen LogP contribution in [-0.4, -0.2) is 27.0 Å². The first-order valence-electron chi connectivity index (χ1n) is 5.10. The molecule has 7 heteroatoms. The zero-order valence-electron chi connectivity index (χ0n) is 9.41. The maximum atomic E-state index is 11.7. The predicted molar refractivity (Wildman–Crippen MR) is 65.4 cm³/mol. The van der Waals surface area contributed by atoms with Crippen molar-refractivity contribution in [2.45, 2.75) is 0 Å². The van der Waals surface area contributed by atoms with Gasteiger partial charge in [0, 0.05) is 11.2 Å². The number of hydrogen-bond donors (Lipinski definition) is 1. The summed E-state index contributed by atoms with van der Waals surface area (Å²) in [5, 5.41) is 9.17. The molecule has 0 aliphatic heterocycles. The fourth-order valence-electron chi connectivity index (χ4n) is 1.26. The van der Waals surface area contributed by atoms with Crippen LogP contribution in [0.5, 0.6) is 5.75 Å². The van der Waals surface area contributed by atoms with Gasteiger partial charge in [-0.05, 0) is 24.3 Å². The van der Waals surface area contributed by atoms with Gasteiger partial charge in [-0.2, -0.15) is 0 Å². The highest BCUT2D eigenvalue weighted by Gasteiger charge is 2.15. The predicted octanol–water partition coefficient (Wildman–Crippen LogP) is 2.05. The monoisotopic (exact) mass is 278 g/mol. The number of esters is 1. The summed E-state index contributed by atoms with van der Waals surface area (Å²) in [5.41, 5.74) is -0.284. The van der Waals surface area contributed by atoms with Crippen molar-refractivity contribution >= 4 is 23.5 Å². The summed E-state index contributed by atoms with van der Waals surface area (Å²) >= 11 is 5.74. The number of carboxylic acids is 1. The molecule has 0 unspecified atom stereocenters. The lowest BCUT2D eigenvalue weighted by Crippen LogP contribution is -2.15. The Morgan fingerprint density at radius 3 is 2.74 bits per heavy atom. The average molecular weight is 279 g/mol. The largest absolute Gasteiger partial charge is 0.477 e. The third kappa shape index (κ3) is 3.26. The van der Waals surface area contributed by atoms with E-state index in [1.807, 2.05) is 0 Å². The number of benzene rings is 1. The van der Waals surface area contributed by atoms with E-state index in [1.54, 1.807) is 12.1 Å². The van der Waals surface area contributed by atoms with Crippen molar-refractivity contribution in [3.63, 3.8) is 0 Å². The van der Waals surface area contributed by atoms with Gasteiger partial charge in [0.25, 0.3) is 0 Å². The Morgan fingerprint density at radius 2 is 2.05 bits per heavy atom. The number of aromatic carboxylic acids is 1. The molecule has 0 saturated carbocycles. The van der Waals surface area contributed by atoms with Crippen LogP contribution in [0.3, 0.4) is 0 Å². The topological polar surface area (TPSA) is 89.4 Å². The molecule has 1 heterocycles. The minimum Gasteiger partial charge on any atom is -0.477 e. The number of rotatable bonds is 3. The molecule has 96 valence electrons. The summed E-state index contributed by atoms with van der Waals surface area (Å²) in [6.07, 6.45) is 1.17. The van der Waals surface area contributed by atoms with Crippen LogP contribution in [-0.2, 0) is 0 Å². The van der Waals surface area contributed by atoms with Crippen LogP contribution in [0.4, 0.5) is 0 Å². The molecule has 0 spiro atoms. The van der Waals surface area contributed by atoms with Crippen LogP contribution in [0.15, 0.2) is 36.5 Å². The first-order valence-corrected chi connectivity index (χ1v) is 5.48. The van der Waals surface area contributed by atoms with Gasteiger partial charge in [-0.15, -0.1) is 0 Å². The van der Waals surface area contributed by atoms with Crippen LogP contribution in [0.1, 0.15) is 21.1 Å². The molecule has 0 aliphatic rings. The van der Waals surface area contributed by atoms with Crippen molar-refractivity contribution < 1.29 is 19.4 Å².